The first kappa shape index (κ1) is 46.3. The van der Waals surface area contributed by atoms with Gasteiger partial charge in [-0.15, -0.1) is 0 Å². The van der Waals surface area contributed by atoms with Gasteiger partial charge in [-0.3, -0.25) is 29.6 Å². The van der Waals surface area contributed by atoms with Crippen LogP contribution in [0.3, 0.4) is 0 Å². The van der Waals surface area contributed by atoms with E-state index in [1.807, 2.05) is 19.1 Å². The Kier molecular flexibility index (Phi) is 12.5. The van der Waals surface area contributed by atoms with E-state index >= 15 is 8.78 Å². The number of phenols is 1. The molecule has 2 aromatic heterocycles. The summed E-state index contributed by atoms with van der Waals surface area (Å²) in [6, 6.07) is 11.4. The summed E-state index contributed by atoms with van der Waals surface area (Å²) in [4.78, 5) is 62.8. The molecule has 6 aliphatic rings. The maximum atomic E-state index is 17.1. The lowest BCUT2D eigenvalue weighted by Crippen LogP contribution is -2.52. The third-order valence-corrected chi connectivity index (χ3v) is 15.9. The third-order valence-electron chi connectivity index (χ3n) is 15.9. The highest BCUT2D eigenvalue weighted by molar-refractivity contribution is 6.06. The van der Waals surface area contributed by atoms with Crippen LogP contribution in [0.4, 0.5) is 20.3 Å². The number of rotatable bonds is 12. The third kappa shape index (κ3) is 9.11. The summed E-state index contributed by atoms with van der Waals surface area (Å²) in [7, 11) is 0. The number of benzene rings is 3. The number of aryl methyl sites for hydroxylation is 1. The Labute approximate surface area is 405 Å². The average Bonchev–Trinajstić information content (AvgIpc) is 4.10. The van der Waals surface area contributed by atoms with E-state index in [4.69, 9.17) is 14.7 Å². The lowest BCUT2D eigenvalue weighted by atomic mass is 9.94. The highest BCUT2D eigenvalue weighted by Gasteiger charge is 2.46. The second kappa shape index (κ2) is 18.9. The van der Waals surface area contributed by atoms with Crippen molar-refractivity contribution in [3.05, 3.63) is 77.0 Å². The number of phenolic OH excluding ortho intramolecular Hbond substituents is 1. The van der Waals surface area contributed by atoms with Crippen molar-refractivity contribution in [2.45, 2.75) is 89.8 Å². The summed E-state index contributed by atoms with van der Waals surface area (Å²) in [5.41, 5.74) is 3.29. The Hall–Kier alpha value is -6.04. The summed E-state index contributed by atoms with van der Waals surface area (Å²) in [6.45, 7) is 11.5. The molecule has 2 atom stereocenters. The molecule has 0 bridgehead atoms. The van der Waals surface area contributed by atoms with Crippen LogP contribution in [-0.4, -0.2) is 142 Å². The molecule has 5 aromatic rings. The van der Waals surface area contributed by atoms with Crippen LogP contribution in [0, 0.1) is 23.0 Å². The monoisotopic (exact) mass is 957 g/mol. The van der Waals surface area contributed by atoms with Crippen molar-refractivity contribution < 1.29 is 38.1 Å². The lowest BCUT2D eigenvalue weighted by Gasteiger charge is -2.40. The highest BCUT2D eigenvalue weighted by atomic mass is 19.1. The molecular formula is C53H61F2N9O6. The highest BCUT2D eigenvalue weighted by Crippen LogP contribution is 2.47. The van der Waals surface area contributed by atoms with Crippen molar-refractivity contribution in [1.82, 2.24) is 35.0 Å². The number of anilines is 2. The van der Waals surface area contributed by atoms with Crippen LogP contribution in [0.1, 0.15) is 86.2 Å². The molecule has 5 aliphatic heterocycles. The molecule has 5 fully saturated rings. The Morgan fingerprint density at radius 2 is 1.67 bits per heavy atom. The molecule has 17 heteroatoms. The van der Waals surface area contributed by atoms with Gasteiger partial charge in [0.15, 0.2) is 5.82 Å². The number of carbonyl (C=O) groups excluding carboxylic acids is 3. The fourth-order valence-corrected chi connectivity index (χ4v) is 11.7. The van der Waals surface area contributed by atoms with Gasteiger partial charge in [0.1, 0.15) is 34.6 Å². The number of piperidine rings is 2. The van der Waals surface area contributed by atoms with E-state index in [1.54, 1.807) is 23.2 Å². The topological polar surface area (TPSA) is 168 Å². The molecule has 368 valence electrons. The first-order chi connectivity index (χ1) is 33.9. The Bertz CT molecular complexity index is 2860. The van der Waals surface area contributed by atoms with Gasteiger partial charge in [0.05, 0.1) is 18.1 Å². The van der Waals surface area contributed by atoms with Crippen molar-refractivity contribution in [3.8, 4) is 23.0 Å². The van der Waals surface area contributed by atoms with E-state index < -0.39 is 29.7 Å². The number of aliphatic hydroxyl groups excluding tert-OH is 1. The molecule has 1 saturated carbocycles. The molecule has 3 N–H and O–H groups in total. The Morgan fingerprint density at radius 1 is 0.857 bits per heavy atom. The lowest BCUT2D eigenvalue weighted by molar-refractivity contribution is -0.136. The maximum absolute atomic E-state index is 17.1. The van der Waals surface area contributed by atoms with Gasteiger partial charge in [-0.2, -0.15) is 9.97 Å². The summed E-state index contributed by atoms with van der Waals surface area (Å²) in [5.74, 6) is -0.913. The van der Waals surface area contributed by atoms with Crippen molar-refractivity contribution in [3.63, 3.8) is 0 Å². The second-order valence-electron chi connectivity index (χ2n) is 20.6. The van der Waals surface area contributed by atoms with Crippen LogP contribution in [-0.2, 0) is 22.6 Å². The number of hydrogen-bond donors (Lipinski definition) is 3. The van der Waals surface area contributed by atoms with Crippen molar-refractivity contribution >= 4 is 50.9 Å². The number of aromatic hydroxyl groups is 1. The molecule has 70 heavy (non-hydrogen) atoms. The van der Waals surface area contributed by atoms with Gasteiger partial charge in [0.25, 0.3) is 5.91 Å². The minimum Gasteiger partial charge on any atom is -0.508 e. The standard InChI is InChI=1S/C53H61F2N9O6/c1-2-38-42(54)8-5-33-25-37(66)26-40(45(33)38)47-46(55)48-41(27-56-47)49(63-16-3-4-36(65)13-19-63)59-52(58-48)70-31-53(14-15-53)30-61-17-11-32(12-18-61)28-60-20-22-62(23-21-60)35-6-7-39-34(24-35)29-64(51(39)69)43-9-10-44(67)57-50(43)68/h5-8,24-27,32,36,43,65-66H,2-4,9-23,28-31H2,1H3,(H,57,67,68)/t36-,43+/m1/s1. The first-order valence-corrected chi connectivity index (χ1v) is 25.3. The van der Waals surface area contributed by atoms with Crippen LogP contribution >= 0.6 is 0 Å². The number of ether oxygens (including phenoxy) is 1. The number of nitrogens with one attached hydrogen (secondary N) is 1. The van der Waals surface area contributed by atoms with Gasteiger partial charge >= 0.3 is 6.01 Å². The number of imide groups is 1. The van der Waals surface area contributed by atoms with Gasteiger partial charge in [0, 0.05) is 93.7 Å². The predicted molar refractivity (Wildman–Crippen MR) is 261 cm³/mol. The summed E-state index contributed by atoms with van der Waals surface area (Å²) in [6.07, 6.45) is 8.31. The fourth-order valence-electron chi connectivity index (χ4n) is 11.7. The van der Waals surface area contributed by atoms with Crippen LogP contribution in [0.15, 0.2) is 48.7 Å². The maximum Gasteiger partial charge on any atom is 0.319 e. The summed E-state index contributed by atoms with van der Waals surface area (Å²) < 4.78 is 38.8. The zero-order chi connectivity index (χ0) is 48.3. The van der Waals surface area contributed by atoms with Crippen molar-refractivity contribution in [2.24, 2.45) is 11.3 Å². The van der Waals surface area contributed by atoms with Crippen molar-refractivity contribution in [1.29, 1.82) is 0 Å². The molecule has 0 spiro atoms. The van der Waals surface area contributed by atoms with E-state index in [2.05, 4.69) is 36.0 Å². The molecule has 11 rings (SSSR count). The minimum absolute atomic E-state index is 0.0371. The normalized spacial score (nSPS) is 22.5. The quantitative estimate of drug-likeness (QED) is 0.121. The second-order valence-corrected chi connectivity index (χ2v) is 20.6. The summed E-state index contributed by atoms with van der Waals surface area (Å²) >= 11 is 0. The van der Waals surface area contributed by atoms with Gasteiger partial charge < -0.3 is 34.5 Å². The molecule has 0 unspecified atom stereocenters. The number of pyridine rings is 1. The Morgan fingerprint density at radius 3 is 2.44 bits per heavy atom. The van der Waals surface area contributed by atoms with Crippen LogP contribution in [0.2, 0.25) is 0 Å². The number of aliphatic hydroxyl groups is 1. The van der Waals surface area contributed by atoms with Crippen LogP contribution < -0.4 is 19.9 Å². The van der Waals surface area contributed by atoms with E-state index in [0.717, 1.165) is 95.7 Å². The predicted octanol–water partition coefficient (Wildman–Crippen LogP) is 6.20. The van der Waals surface area contributed by atoms with Crippen molar-refractivity contribution in [2.75, 3.05) is 81.9 Å². The van der Waals surface area contributed by atoms with Gasteiger partial charge in [0.2, 0.25) is 11.8 Å². The smallest absolute Gasteiger partial charge is 0.319 e. The molecule has 1 aliphatic carbocycles. The number of nitrogens with zero attached hydrogens (tertiary/aromatic N) is 8. The SMILES string of the molecule is CCc1c(F)ccc2cc(O)cc(-c3ncc4c(N5CCC[C@@H](O)CC5)nc(OCC5(CN6CCC(CN7CCN(c8ccc9c(c8)CN([C@H]8CCC(=O)NC8=O)C9=O)CC7)CC6)CC5)nc4c3F)c12. The number of amides is 3. The Balaban J connectivity index is 0.721. The van der Waals surface area contributed by atoms with Crippen LogP contribution in [0.25, 0.3) is 32.9 Å². The molecule has 7 heterocycles. The molecule has 15 nitrogen and oxygen atoms in total. The molecule has 4 saturated heterocycles. The first-order valence-electron chi connectivity index (χ1n) is 25.3. The van der Waals surface area contributed by atoms with Gasteiger partial charge in [-0.25, -0.2) is 8.78 Å². The molecule has 3 amide bonds. The number of aromatic nitrogens is 3. The number of fused-ring (bicyclic) bond motifs is 3. The number of halogens is 2. The zero-order valence-corrected chi connectivity index (χ0v) is 39.8. The van der Waals surface area contributed by atoms with E-state index in [0.29, 0.717) is 90.9 Å². The number of piperazine rings is 1. The average molecular weight is 958 g/mol. The number of hydrogen-bond acceptors (Lipinski definition) is 13. The molecular weight excluding hydrogens is 897 g/mol. The van der Waals surface area contributed by atoms with E-state index in [-0.39, 0.29) is 52.2 Å². The largest absolute Gasteiger partial charge is 0.508 e. The number of likely N-dealkylation sites (tertiary alicyclic amines) is 1. The van der Waals surface area contributed by atoms with E-state index in [9.17, 15) is 24.6 Å². The van der Waals surface area contributed by atoms with E-state index in [1.165, 1.54) is 12.1 Å². The molecule has 0 radical (unpaired) electrons. The van der Waals surface area contributed by atoms with Crippen LogP contribution in [0.5, 0.6) is 11.8 Å². The fraction of sp³-hybridized carbons (Fsp3) is 0.509. The van der Waals surface area contributed by atoms with Gasteiger partial charge in [-0.05, 0) is 135 Å². The number of carbonyl (C=O) groups is 3. The minimum atomic E-state index is -0.704. The summed E-state index contributed by atoms with van der Waals surface area (Å²) in [5, 5.41) is 25.1. The molecule has 3 aromatic carbocycles. The zero-order valence-electron chi connectivity index (χ0n) is 39.8. The van der Waals surface area contributed by atoms with Gasteiger partial charge in [-0.1, -0.05) is 13.0 Å².